The summed E-state index contributed by atoms with van der Waals surface area (Å²) < 4.78 is 30.5. The highest BCUT2D eigenvalue weighted by Crippen LogP contribution is 2.36. The monoisotopic (exact) mass is 407 g/mol. The minimum Gasteiger partial charge on any atom is -0.420 e. The number of hydrogen-bond acceptors (Lipinski definition) is 4. The average molecular weight is 409 g/mol. The average Bonchev–Trinajstić information content (AvgIpc) is 2.50. The van der Waals surface area contributed by atoms with Gasteiger partial charge in [-0.05, 0) is 30.3 Å². The molecule has 0 aliphatic rings. The number of esters is 1. The fraction of sp³-hybridized carbons (Fsp3) is 0.133. The van der Waals surface area contributed by atoms with Gasteiger partial charge in [0.25, 0.3) is 0 Å². The van der Waals surface area contributed by atoms with E-state index in [4.69, 9.17) is 39.5 Å². The minimum absolute atomic E-state index is 0.0322. The van der Waals surface area contributed by atoms with Crippen molar-refractivity contribution in [2.45, 2.75) is 4.90 Å². The summed E-state index contributed by atoms with van der Waals surface area (Å²) in [7, 11) is -0.879. The molecule has 0 amide bonds. The Hall–Kier alpha value is -1.31. The normalized spacial score (nSPS) is 11.6. The van der Waals surface area contributed by atoms with Gasteiger partial charge in [-0.25, -0.2) is 17.5 Å². The zero-order valence-electron chi connectivity index (χ0n) is 12.6. The van der Waals surface area contributed by atoms with Crippen molar-refractivity contribution in [3.05, 3.63) is 57.0 Å². The van der Waals surface area contributed by atoms with Gasteiger partial charge in [-0.2, -0.15) is 0 Å². The van der Waals surface area contributed by atoms with E-state index in [2.05, 4.69) is 0 Å². The van der Waals surface area contributed by atoms with Gasteiger partial charge in [-0.1, -0.05) is 40.9 Å². The molecule has 0 radical (unpaired) electrons. The molecule has 2 aromatic rings. The van der Waals surface area contributed by atoms with E-state index in [1.54, 1.807) is 0 Å². The van der Waals surface area contributed by atoms with Crippen LogP contribution in [0.5, 0.6) is 5.75 Å². The zero-order chi connectivity index (χ0) is 18.1. The molecule has 9 heteroatoms. The Morgan fingerprint density at radius 3 is 2.17 bits per heavy atom. The highest BCUT2D eigenvalue weighted by atomic mass is 35.5. The first-order valence-electron chi connectivity index (χ1n) is 6.52. The molecule has 5 nitrogen and oxygen atoms in total. The molecule has 2 rings (SSSR count). The van der Waals surface area contributed by atoms with Crippen LogP contribution in [0.3, 0.4) is 0 Å². The first kappa shape index (κ1) is 19.0. The van der Waals surface area contributed by atoms with Gasteiger partial charge in [0.05, 0.1) is 20.5 Å². The summed E-state index contributed by atoms with van der Waals surface area (Å²) in [6.07, 6.45) is 0. The SMILES string of the molecule is CN(C)S(=O)(=O)c1cccc(C(=O)Oc2c(Cl)cc(Cl)cc2Cl)c1. The fourth-order valence-corrected chi connectivity index (χ4v) is 3.61. The third kappa shape index (κ3) is 4.02. The molecule has 0 heterocycles. The van der Waals surface area contributed by atoms with Gasteiger partial charge in [0, 0.05) is 19.1 Å². The van der Waals surface area contributed by atoms with Crippen molar-refractivity contribution in [2.75, 3.05) is 14.1 Å². The van der Waals surface area contributed by atoms with Crippen LogP contribution in [0.25, 0.3) is 0 Å². The summed E-state index contributed by atoms with van der Waals surface area (Å²) in [6, 6.07) is 8.23. The smallest absolute Gasteiger partial charge is 0.343 e. The van der Waals surface area contributed by atoms with Crippen molar-refractivity contribution in [3.8, 4) is 5.75 Å². The van der Waals surface area contributed by atoms with Crippen LogP contribution in [0.2, 0.25) is 15.1 Å². The molecular formula is C15H12Cl3NO4S. The summed E-state index contributed by atoms with van der Waals surface area (Å²) in [5, 5.41) is 0.430. The summed E-state index contributed by atoms with van der Waals surface area (Å²) in [6.45, 7) is 0. The maximum Gasteiger partial charge on any atom is 0.343 e. The molecular weight excluding hydrogens is 397 g/mol. The Kier molecular flexibility index (Phi) is 5.78. The number of carbonyl (C=O) groups is 1. The quantitative estimate of drug-likeness (QED) is 0.564. The van der Waals surface area contributed by atoms with Gasteiger partial charge in [0.1, 0.15) is 0 Å². The number of benzene rings is 2. The lowest BCUT2D eigenvalue weighted by Crippen LogP contribution is -2.22. The number of nitrogens with zero attached hydrogens (tertiary/aromatic N) is 1. The van der Waals surface area contributed by atoms with Crippen molar-refractivity contribution in [2.24, 2.45) is 0 Å². The largest absolute Gasteiger partial charge is 0.420 e. The van der Waals surface area contributed by atoms with Gasteiger partial charge in [-0.15, -0.1) is 0 Å². The molecule has 0 saturated heterocycles. The Labute approximate surface area is 154 Å². The molecule has 128 valence electrons. The van der Waals surface area contributed by atoms with Crippen LogP contribution in [-0.2, 0) is 10.0 Å². The number of sulfonamides is 1. The second-order valence-electron chi connectivity index (χ2n) is 4.90. The summed E-state index contributed by atoms with van der Waals surface area (Å²) in [5.41, 5.74) is 0.0417. The summed E-state index contributed by atoms with van der Waals surface area (Å²) in [5.74, 6) is -0.842. The first-order valence-corrected chi connectivity index (χ1v) is 9.09. The molecule has 0 spiro atoms. The van der Waals surface area contributed by atoms with Crippen LogP contribution in [-0.4, -0.2) is 32.8 Å². The molecule has 0 N–H and O–H groups in total. The lowest BCUT2D eigenvalue weighted by Gasteiger charge is -2.12. The van der Waals surface area contributed by atoms with Gasteiger partial charge < -0.3 is 4.74 Å². The predicted molar refractivity (Wildman–Crippen MR) is 93.7 cm³/mol. The van der Waals surface area contributed by atoms with E-state index in [1.165, 1.54) is 50.5 Å². The number of halogens is 3. The molecule has 0 atom stereocenters. The standard InChI is InChI=1S/C15H12Cl3NO4S/c1-19(2)24(21,22)11-5-3-4-9(6-11)15(20)23-14-12(17)7-10(16)8-13(14)18/h3-8H,1-2H3. The van der Waals surface area contributed by atoms with Gasteiger partial charge >= 0.3 is 5.97 Å². The molecule has 0 unspecified atom stereocenters. The second kappa shape index (κ2) is 7.29. The van der Waals surface area contributed by atoms with Crippen LogP contribution < -0.4 is 4.74 Å². The fourth-order valence-electron chi connectivity index (χ4n) is 1.77. The van der Waals surface area contributed by atoms with Gasteiger partial charge in [0.15, 0.2) is 5.75 Å². The molecule has 0 aromatic heterocycles. The molecule has 0 aliphatic heterocycles. The lowest BCUT2D eigenvalue weighted by atomic mass is 10.2. The van der Waals surface area contributed by atoms with Crippen molar-refractivity contribution < 1.29 is 17.9 Å². The number of rotatable bonds is 4. The van der Waals surface area contributed by atoms with Crippen molar-refractivity contribution in [3.63, 3.8) is 0 Å². The molecule has 24 heavy (non-hydrogen) atoms. The molecule has 0 fully saturated rings. The van der Waals surface area contributed by atoms with E-state index in [0.717, 1.165) is 4.31 Å². The maximum absolute atomic E-state index is 12.3. The lowest BCUT2D eigenvalue weighted by molar-refractivity contribution is 0.0734. The van der Waals surface area contributed by atoms with Crippen LogP contribution in [0, 0.1) is 0 Å². The Balaban J connectivity index is 2.36. The van der Waals surface area contributed by atoms with E-state index in [9.17, 15) is 13.2 Å². The number of carbonyl (C=O) groups excluding carboxylic acids is 1. The Bertz CT molecular complexity index is 874. The highest BCUT2D eigenvalue weighted by molar-refractivity contribution is 7.89. The predicted octanol–water partition coefficient (Wildman–Crippen LogP) is 4.12. The summed E-state index contributed by atoms with van der Waals surface area (Å²) >= 11 is 17.7. The third-order valence-corrected chi connectivity index (χ3v) is 5.60. The van der Waals surface area contributed by atoms with Crippen molar-refractivity contribution in [1.29, 1.82) is 0 Å². The van der Waals surface area contributed by atoms with Crippen LogP contribution >= 0.6 is 34.8 Å². The van der Waals surface area contributed by atoms with Crippen molar-refractivity contribution >= 4 is 50.8 Å². The van der Waals surface area contributed by atoms with E-state index in [-0.39, 0.29) is 26.3 Å². The van der Waals surface area contributed by atoms with Crippen LogP contribution in [0.1, 0.15) is 10.4 Å². The molecule has 2 aromatic carbocycles. The van der Waals surface area contributed by atoms with Gasteiger partial charge in [0.2, 0.25) is 10.0 Å². The van der Waals surface area contributed by atoms with E-state index in [0.29, 0.717) is 5.02 Å². The summed E-state index contributed by atoms with van der Waals surface area (Å²) in [4.78, 5) is 12.2. The number of ether oxygens (including phenoxy) is 1. The van der Waals surface area contributed by atoms with Crippen LogP contribution in [0.15, 0.2) is 41.3 Å². The zero-order valence-corrected chi connectivity index (χ0v) is 15.7. The van der Waals surface area contributed by atoms with Crippen LogP contribution in [0.4, 0.5) is 0 Å². The third-order valence-electron chi connectivity index (χ3n) is 3.01. The Morgan fingerprint density at radius 2 is 1.62 bits per heavy atom. The van der Waals surface area contributed by atoms with E-state index < -0.39 is 16.0 Å². The van der Waals surface area contributed by atoms with E-state index in [1.807, 2.05) is 0 Å². The topological polar surface area (TPSA) is 63.7 Å². The maximum atomic E-state index is 12.3. The molecule has 0 bridgehead atoms. The van der Waals surface area contributed by atoms with Crippen molar-refractivity contribution in [1.82, 2.24) is 4.31 Å². The number of hydrogen-bond donors (Lipinski definition) is 0. The molecule has 0 aliphatic carbocycles. The first-order chi connectivity index (χ1) is 11.1. The highest BCUT2D eigenvalue weighted by Gasteiger charge is 2.20. The molecule has 0 saturated carbocycles. The minimum atomic E-state index is -3.67. The Morgan fingerprint density at radius 1 is 1.04 bits per heavy atom. The van der Waals surface area contributed by atoms with Gasteiger partial charge in [-0.3, -0.25) is 0 Å². The second-order valence-corrected chi connectivity index (χ2v) is 8.31. The van der Waals surface area contributed by atoms with E-state index >= 15 is 0 Å².